The fourth-order valence-electron chi connectivity index (χ4n) is 3.52. The Labute approximate surface area is 159 Å². The lowest BCUT2D eigenvalue weighted by Crippen LogP contribution is -2.45. The number of amides is 1. The Bertz CT molecular complexity index is 929. The molecule has 1 amide bonds. The van der Waals surface area contributed by atoms with Gasteiger partial charge in [0.05, 0.1) is 16.7 Å². The van der Waals surface area contributed by atoms with Gasteiger partial charge in [-0.25, -0.2) is 0 Å². The average Bonchev–Trinajstić information content (AvgIpc) is 2.67. The third-order valence-electron chi connectivity index (χ3n) is 5.19. The summed E-state index contributed by atoms with van der Waals surface area (Å²) in [7, 11) is 0. The van der Waals surface area contributed by atoms with Crippen molar-refractivity contribution in [2.75, 3.05) is 13.1 Å². The average molecular weight is 394 g/mol. The standard InChI is InChI=1S/C20H21F3N2O3/c1-2-16-15(6-7-17(26)24-16)18(27)25-10-8-19(28,9-11-25)13-4-3-5-14(12-13)20(21,22)23/h3-7,12,28H,2,8-11H2,1H3,(H,24,26). The summed E-state index contributed by atoms with van der Waals surface area (Å²) in [5.41, 5.74) is -1.38. The van der Waals surface area contributed by atoms with E-state index in [0.29, 0.717) is 17.7 Å². The van der Waals surface area contributed by atoms with Crippen molar-refractivity contribution in [3.8, 4) is 0 Å². The van der Waals surface area contributed by atoms with Crippen molar-refractivity contribution < 1.29 is 23.1 Å². The maximum atomic E-state index is 13.0. The Morgan fingerprint density at radius 2 is 1.89 bits per heavy atom. The van der Waals surface area contributed by atoms with Crippen LogP contribution in [0.25, 0.3) is 0 Å². The molecule has 150 valence electrons. The highest BCUT2D eigenvalue weighted by atomic mass is 19.4. The molecule has 2 heterocycles. The Balaban J connectivity index is 1.77. The van der Waals surface area contributed by atoms with Crippen molar-refractivity contribution in [2.45, 2.75) is 38.0 Å². The second kappa shape index (κ2) is 7.43. The van der Waals surface area contributed by atoms with Gasteiger partial charge in [-0.1, -0.05) is 19.1 Å². The molecule has 0 radical (unpaired) electrons. The number of aryl methyl sites for hydroxylation is 1. The zero-order valence-corrected chi connectivity index (χ0v) is 15.3. The zero-order valence-electron chi connectivity index (χ0n) is 15.3. The maximum Gasteiger partial charge on any atom is 0.416 e. The minimum absolute atomic E-state index is 0.130. The highest BCUT2D eigenvalue weighted by Gasteiger charge is 2.38. The van der Waals surface area contributed by atoms with E-state index in [1.54, 1.807) is 4.90 Å². The fraction of sp³-hybridized carbons (Fsp3) is 0.400. The van der Waals surface area contributed by atoms with Gasteiger partial charge in [-0.15, -0.1) is 0 Å². The molecule has 0 atom stereocenters. The van der Waals surface area contributed by atoms with Crippen LogP contribution in [0.4, 0.5) is 13.2 Å². The molecule has 28 heavy (non-hydrogen) atoms. The number of carbonyl (C=O) groups excluding carboxylic acids is 1. The van der Waals surface area contributed by atoms with E-state index >= 15 is 0 Å². The Kier molecular flexibility index (Phi) is 5.34. The fourth-order valence-corrected chi connectivity index (χ4v) is 3.52. The van der Waals surface area contributed by atoms with E-state index in [-0.39, 0.29) is 43.0 Å². The normalized spacial score (nSPS) is 16.8. The predicted molar refractivity (Wildman–Crippen MR) is 96.9 cm³/mol. The summed E-state index contributed by atoms with van der Waals surface area (Å²) in [6, 6.07) is 7.46. The van der Waals surface area contributed by atoms with Gasteiger partial charge in [0.2, 0.25) is 5.56 Å². The number of nitrogens with zero attached hydrogens (tertiary/aromatic N) is 1. The Morgan fingerprint density at radius 1 is 1.21 bits per heavy atom. The van der Waals surface area contributed by atoms with Crippen molar-refractivity contribution >= 4 is 5.91 Å². The maximum absolute atomic E-state index is 13.0. The summed E-state index contributed by atoms with van der Waals surface area (Å²) < 4.78 is 38.9. The first-order chi connectivity index (χ1) is 13.1. The van der Waals surface area contributed by atoms with E-state index in [9.17, 15) is 27.9 Å². The second-order valence-corrected chi connectivity index (χ2v) is 6.97. The number of nitrogens with one attached hydrogen (secondary N) is 1. The van der Waals surface area contributed by atoms with Crippen LogP contribution >= 0.6 is 0 Å². The van der Waals surface area contributed by atoms with Gasteiger partial charge in [0.1, 0.15) is 0 Å². The summed E-state index contributed by atoms with van der Waals surface area (Å²) in [4.78, 5) is 28.4. The van der Waals surface area contributed by atoms with Gasteiger partial charge < -0.3 is 15.0 Å². The van der Waals surface area contributed by atoms with E-state index in [4.69, 9.17) is 0 Å². The van der Waals surface area contributed by atoms with Crippen LogP contribution in [0.3, 0.4) is 0 Å². The lowest BCUT2D eigenvalue weighted by Gasteiger charge is -2.39. The number of piperidine rings is 1. The molecule has 1 saturated heterocycles. The van der Waals surface area contributed by atoms with Gasteiger partial charge in [0.25, 0.3) is 5.91 Å². The molecule has 0 unspecified atom stereocenters. The van der Waals surface area contributed by atoms with Crippen molar-refractivity contribution in [1.29, 1.82) is 0 Å². The number of halogens is 3. The van der Waals surface area contributed by atoms with Crippen LogP contribution in [-0.2, 0) is 18.2 Å². The van der Waals surface area contributed by atoms with Gasteiger partial charge in [0, 0.05) is 24.8 Å². The van der Waals surface area contributed by atoms with Crippen LogP contribution in [0.15, 0.2) is 41.2 Å². The summed E-state index contributed by atoms with van der Waals surface area (Å²) in [6.07, 6.45) is -3.74. The topological polar surface area (TPSA) is 73.4 Å². The van der Waals surface area contributed by atoms with Crippen molar-refractivity contribution in [3.63, 3.8) is 0 Å². The smallest absolute Gasteiger partial charge is 0.385 e. The number of carbonyl (C=O) groups is 1. The molecule has 0 saturated carbocycles. The third kappa shape index (κ3) is 3.96. The van der Waals surface area contributed by atoms with Crippen molar-refractivity contribution in [1.82, 2.24) is 9.88 Å². The van der Waals surface area contributed by atoms with E-state index in [2.05, 4.69) is 4.98 Å². The number of benzene rings is 1. The van der Waals surface area contributed by atoms with Gasteiger partial charge in [0.15, 0.2) is 0 Å². The largest absolute Gasteiger partial charge is 0.416 e. The molecule has 1 aromatic carbocycles. The number of H-pyrrole nitrogens is 1. The molecule has 1 fully saturated rings. The first-order valence-corrected chi connectivity index (χ1v) is 9.05. The molecule has 2 N–H and O–H groups in total. The minimum Gasteiger partial charge on any atom is -0.385 e. The molecule has 1 aliphatic heterocycles. The summed E-state index contributed by atoms with van der Waals surface area (Å²) >= 11 is 0. The molecular formula is C20H21F3N2O3. The molecule has 1 aromatic heterocycles. The molecule has 0 spiro atoms. The molecule has 0 aliphatic carbocycles. The number of aromatic amines is 1. The molecule has 5 nitrogen and oxygen atoms in total. The number of aromatic nitrogens is 1. The molecule has 2 aromatic rings. The SMILES string of the molecule is CCc1[nH]c(=O)ccc1C(=O)N1CCC(O)(c2cccc(C(F)(F)F)c2)CC1. The third-order valence-corrected chi connectivity index (χ3v) is 5.19. The van der Waals surface area contributed by atoms with E-state index in [1.807, 2.05) is 6.92 Å². The highest BCUT2D eigenvalue weighted by molar-refractivity contribution is 5.95. The molecule has 8 heteroatoms. The molecule has 3 rings (SSSR count). The molecule has 1 aliphatic rings. The summed E-state index contributed by atoms with van der Waals surface area (Å²) in [5, 5.41) is 10.9. The van der Waals surface area contributed by atoms with E-state index in [1.165, 1.54) is 24.3 Å². The van der Waals surface area contributed by atoms with Gasteiger partial charge in [-0.05, 0) is 43.0 Å². The van der Waals surface area contributed by atoms with Crippen LogP contribution in [0.5, 0.6) is 0 Å². The van der Waals surface area contributed by atoms with Crippen LogP contribution in [0.1, 0.15) is 46.9 Å². The number of rotatable bonds is 3. The number of aliphatic hydroxyl groups is 1. The second-order valence-electron chi connectivity index (χ2n) is 6.97. The quantitative estimate of drug-likeness (QED) is 0.840. The number of hydrogen-bond acceptors (Lipinski definition) is 3. The van der Waals surface area contributed by atoms with E-state index < -0.39 is 17.3 Å². The van der Waals surface area contributed by atoms with Gasteiger partial charge >= 0.3 is 6.18 Å². The molecular weight excluding hydrogens is 373 g/mol. The number of hydrogen-bond donors (Lipinski definition) is 2. The number of pyridine rings is 1. The van der Waals surface area contributed by atoms with Crippen LogP contribution < -0.4 is 5.56 Å². The van der Waals surface area contributed by atoms with Crippen molar-refractivity contribution in [3.05, 3.63) is 69.1 Å². The number of likely N-dealkylation sites (tertiary alicyclic amines) is 1. The minimum atomic E-state index is -4.48. The van der Waals surface area contributed by atoms with Gasteiger partial charge in [-0.3, -0.25) is 9.59 Å². The Morgan fingerprint density at radius 3 is 2.50 bits per heavy atom. The first-order valence-electron chi connectivity index (χ1n) is 9.05. The highest BCUT2D eigenvalue weighted by Crippen LogP contribution is 2.37. The lowest BCUT2D eigenvalue weighted by molar-refractivity contribution is -0.137. The predicted octanol–water partition coefficient (Wildman–Crippen LogP) is 3.08. The van der Waals surface area contributed by atoms with E-state index in [0.717, 1.165) is 12.1 Å². The lowest BCUT2D eigenvalue weighted by atomic mass is 9.83. The molecule has 0 bridgehead atoms. The Hall–Kier alpha value is -2.61. The van der Waals surface area contributed by atoms with Crippen LogP contribution in [0, 0.1) is 0 Å². The van der Waals surface area contributed by atoms with Crippen LogP contribution in [0.2, 0.25) is 0 Å². The summed E-state index contributed by atoms with van der Waals surface area (Å²) in [6.45, 7) is 2.23. The monoisotopic (exact) mass is 394 g/mol. The van der Waals surface area contributed by atoms with Crippen molar-refractivity contribution in [2.24, 2.45) is 0 Å². The first kappa shape index (κ1) is 20.1. The zero-order chi connectivity index (χ0) is 20.5. The van der Waals surface area contributed by atoms with Crippen LogP contribution in [-0.4, -0.2) is 34.0 Å². The van der Waals surface area contributed by atoms with Gasteiger partial charge in [-0.2, -0.15) is 13.2 Å². The number of alkyl halides is 3. The summed E-state index contributed by atoms with van der Waals surface area (Å²) in [5.74, 6) is -0.265.